The summed E-state index contributed by atoms with van der Waals surface area (Å²) in [6.45, 7) is 0. The van der Waals surface area contributed by atoms with E-state index in [1.807, 2.05) is 0 Å². The van der Waals surface area contributed by atoms with E-state index in [0.717, 1.165) is 0 Å². The van der Waals surface area contributed by atoms with E-state index in [1.54, 1.807) is 29.9 Å². The standard InChI is InChI=1S/C13H13FN2O2/c1-16-8-11(5-6-12(17)18)15-13(16)9-3-2-4-10(14)7-9/h2-4,7-8H,5-6H2,1H3,(H,17,18). The second-order valence-electron chi connectivity index (χ2n) is 4.07. The van der Waals surface area contributed by atoms with Crippen molar-refractivity contribution in [2.24, 2.45) is 7.05 Å². The first-order valence-corrected chi connectivity index (χ1v) is 5.56. The maximum Gasteiger partial charge on any atom is 0.303 e. The van der Waals surface area contributed by atoms with Gasteiger partial charge < -0.3 is 9.67 Å². The molecule has 18 heavy (non-hydrogen) atoms. The number of aromatic nitrogens is 2. The minimum atomic E-state index is -0.854. The van der Waals surface area contributed by atoms with E-state index in [-0.39, 0.29) is 12.2 Å². The highest BCUT2D eigenvalue weighted by Crippen LogP contribution is 2.19. The molecule has 0 atom stereocenters. The maximum absolute atomic E-state index is 13.1. The van der Waals surface area contributed by atoms with Gasteiger partial charge in [-0.2, -0.15) is 0 Å². The third-order valence-corrected chi connectivity index (χ3v) is 2.60. The van der Waals surface area contributed by atoms with Gasteiger partial charge in [-0.3, -0.25) is 4.79 Å². The summed E-state index contributed by atoms with van der Waals surface area (Å²) in [7, 11) is 1.80. The molecule has 2 rings (SSSR count). The second kappa shape index (κ2) is 5.00. The number of carboxylic acid groups (broad SMARTS) is 1. The Bertz CT molecular complexity index is 578. The van der Waals surface area contributed by atoms with Crippen LogP contribution in [0.5, 0.6) is 0 Å². The van der Waals surface area contributed by atoms with Crippen molar-refractivity contribution < 1.29 is 14.3 Å². The van der Waals surface area contributed by atoms with E-state index in [1.165, 1.54) is 12.1 Å². The molecule has 0 spiro atoms. The summed E-state index contributed by atoms with van der Waals surface area (Å²) in [5, 5.41) is 8.62. The van der Waals surface area contributed by atoms with Crippen LogP contribution in [0.15, 0.2) is 30.5 Å². The van der Waals surface area contributed by atoms with Crippen LogP contribution in [0.25, 0.3) is 11.4 Å². The largest absolute Gasteiger partial charge is 0.481 e. The zero-order chi connectivity index (χ0) is 13.1. The van der Waals surface area contributed by atoms with Crippen molar-refractivity contribution in [1.82, 2.24) is 9.55 Å². The van der Waals surface area contributed by atoms with Crippen molar-refractivity contribution in [3.63, 3.8) is 0 Å². The van der Waals surface area contributed by atoms with Crippen LogP contribution in [0.3, 0.4) is 0 Å². The van der Waals surface area contributed by atoms with E-state index in [0.29, 0.717) is 23.5 Å². The number of hydrogen-bond acceptors (Lipinski definition) is 2. The van der Waals surface area contributed by atoms with Gasteiger partial charge in [0.15, 0.2) is 0 Å². The van der Waals surface area contributed by atoms with Crippen LogP contribution in [0, 0.1) is 5.82 Å². The van der Waals surface area contributed by atoms with Crippen molar-refractivity contribution in [3.8, 4) is 11.4 Å². The van der Waals surface area contributed by atoms with Crippen molar-refractivity contribution in [3.05, 3.63) is 42.0 Å². The molecule has 0 unspecified atom stereocenters. The molecule has 0 bridgehead atoms. The minimum Gasteiger partial charge on any atom is -0.481 e. The highest BCUT2D eigenvalue weighted by Gasteiger charge is 2.09. The molecule has 0 saturated heterocycles. The molecule has 5 heteroatoms. The molecular weight excluding hydrogens is 235 g/mol. The molecule has 1 aromatic heterocycles. The monoisotopic (exact) mass is 248 g/mol. The number of halogens is 1. The number of rotatable bonds is 4. The quantitative estimate of drug-likeness (QED) is 0.902. The zero-order valence-corrected chi connectivity index (χ0v) is 9.93. The summed E-state index contributed by atoms with van der Waals surface area (Å²) in [4.78, 5) is 14.8. The molecule has 0 aliphatic rings. The van der Waals surface area contributed by atoms with Crippen LogP contribution >= 0.6 is 0 Å². The minimum absolute atomic E-state index is 0.0413. The van der Waals surface area contributed by atoms with Gasteiger partial charge in [0, 0.05) is 25.2 Å². The van der Waals surface area contributed by atoms with Crippen LogP contribution < -0.4 is 0 Å². The number of hydrogen-bond donors (Lipinski definition) is 1. The molecule has 0 radical (unpaired) electrons. The van der Waals surface area contributed by atoms with Gasteiger partial charge in [0.1, 0.15) is 11.6 Å². The van der Waals surface area contributed by atoms with E-state index in [2.05, 4.69) is 4.98 Å². The van der Waals surface area contributed by atoms with Gasteiger partial charge in [-0.05, 0) is 12.1 Å². The number of benzene rings is 1. The van der Waals surface area contributed by atoms with Crippen molar-refractivity contribution in [2.75, 3.05) is 0 Å². The lowest BCUT2D eigenvalue weighted by Gasteiger charge is -2.00. The molecule has 0 aliphatic heterocycles. The molecule has 1 N–H and O–H groups in total. The number of aryl methyl sites for hydroxylation is 2. The Morgan fingerprint density at radius 3 is 2.94 bits per heavy atom. The lowest BCUT2D eigenvalue weighted by molar-refractivity contribution is -0.136. The van der Waals surface area contributed by atoms with Crippen LogP contribution in [0.1, 0.15) is 12.1 Å². The van der Waals surface area contributed by atoms with Crippen molar-refractivity contribution in [2.45, 2.75) is 12.8 Å². The van der Waals surface area contributed by atoms with Crippen LogP contribution in [-0.4, -0.2) is 20.6 Å². The fourth-order valence-electron chi connectivity index (χ4n) is 1.78. The normalized spacial score (nSPS) is 10.6. The average molecular weight is 248 g/mol. The van der Waals surface area contributed by atoms with Gasteiger partial charge in [0.2, 0.25) is 0 Å². The maximum atomic E-state index is 13.1. The summed E-state index contributed by atoms with van der Waals surface area (Å²) >= 11 is 0. The first kappa shape index (κ1) is 12.3. The summed E-state index contributed by atoms with van der Waals surface area (Å²) in [5.74, 6) is -0.537. The number of carboxylic acids is 1. The van der Waals surface area contributed by atoms with Gasteiger partial charge in [-0.15, -0.1) is 0 Å². The van der Waals surface area contributed by atoms with Gasteiger partial charge >= 0.3 is 5.97 Å². The molecule has 0 saturated carbocycles. The molecule has 2 aromatic rings. The molecular formula is C13H13FN2O2. The Kier molecular flexibility index (Phi) is 3.41. The zero-order valence-electron chi connectivity index (χ0n) is 9.93. The SMILES string of the molecule is Cn1cc(CCC(=O)O)nc1-c1cccc(F)c1. The summed E-state index contributed by atoms with van der Waals surface area (Å²) in [5.41, 5.74) is 1.37. The number of carbonyl (C=O) groups is 1. The molecule has 4 nitrogen and oxygen atoms in total. The smallest absolute Gasteiger partial charge is 0.303 e. The molecule has 0 aliphatic carbocycles. The predicted octanol–water partition coefficient (Wildman–Crippen LogP) is 2.24. The third-order valence-electron chi connectivity index (χ3n) is 2.60. The third kappa shape index (κ3) is 2.74. The second-order valence-corrected chi connectivity index (χ2v) is 4.07. The van der Waals surface area contributed by atoms with Gasteiger partial charge in [0.25, 0.3) is 0 Å². The van der Waals surface area contributed by atoms with Crippen molar-refractivity contribution >= 4 is 5.97 Å². The molecule has 0 fully saturated rings. The topological polar surface area (TPSA) is 55.1 Å². The molecule has 94 valence electrons. The van der Waals surface area contributed by atoms with Crippen molar-refractivity contribution in [1.29, 1.82) is 0 Å². The lowest BCUT2D eigenvalue weighted by atomic mass is 10.2. The molecule has 1 aromatic carbocycles. The van der Waals surface area contributed by atoms with Gasteiger partial charge in [-0.25, -0.2) is 9.37 Å². The highest BCUT2D eigenvalue weighted by molar-refractivity contribution is 5.67. The average Bonchev–Trinajstić information content (AvgIpc) is 2.68. The van der Waals surface area contributed by atoms with E-state index >= 15 is 0 Å². The Labute approximate surface area is 104 Å². The fraction of sp³-hybridized carbons (Fsp3) is 0.231. The van der Waals surface area contributed by atoms with E-state index in [9.17, 15) is 9.18 Å². The fourth-order valence-corrected chi connectivity index (χ4v) is 1.78. The Hall–Kier alpha value is -2.17. The number of nitrogens with zero attached hydrogens (tertiary/aromatic N) is 2. The predicted molar refractivity (Wildman–Crippen MR) is 64.6 cm³/mol. The summed E-state index contributed by atoms with van der Waals surface area (Å²) in [6.07, 6.45) is 2.18. The van der Waals surface area contributed by atoms with E-state index in [4.69, 9.17) is 5.11 Å². The summed E-state index contributed by atoms with van der Waals surface area (Å²) in [6, 6.07) is 6.17. The first-order valence-electron chi connectivity index (χ1n) is 5.56. The first-order chi connectivity index (χ1) is 8.56. The van der Waals surface area contributed by atoms with Crippen LogP contribution in [-0.2, 0) is 18.3 Å². The molecule has 1 heterocycles. The Morgan fingerprint density at radius 1 is 1.50 bits per heavy atom. The molecule has 0 amide bonds. The van der Waals surface area contributed by atoms with Crippen LogP contribution in [0.4, 0.5) is 4.39 Å². The van der Waals surface area contributed by atoms with Crippen LogP contribution in [0.2, 0.25) is 0 Å². The van der Waals surface area contributed by atoms with E-state index < -0.39 is 5.97 Å². The van der Waals surface area contributed by atoms with Gasteiger partial charge in [-0.1, -0.05) is 12.1 Å². The summed E-state index contributed by atoms with van der Waals surface area (Å²) < 4.78 is 14.9. The highest BCUT2D eigenvalue weighted by atomic mass is 19.1. The Balaban J connectivity index is 2.26. The van der Waals surface area contributed by atoms with Gasteiger partial charge in [0.05, 0.1) is 12.1 Å². The number of aliphatic carboxylic acids is 1. The number of imidazole rings is 1. The Morgan fingerprint density at radius 2 is 2.28 bits per heavy atom. The lowest BCUT2D eigenvalue weighted by Crippen LogP contribution is -1.97.